The molecule has 1 aromatic rings. The van der Waals surface area contributed by atoms with Crippen molar-refractivity contribution in [3.8, 4) is 5.88 Å². The van der Waals surface area contributed by atoms with Crippen LogP contribution in [-0.4, -0.2) is 24.2 Å². The molecule has 0 saturated carbocycles. The van der Waals surface area contributed by atoms with Crippen LogP contribution < -0.4 is 10.1 Å². The first-order valence-corrected chi connectivity index (χ1v) is 6.44. The van der Waals surface area contributed by atoms with E-state index in [-0.39, 0.29) is 0 Å². The summed E-state index contributed by atoms with van der Waals surface area (Å²) in [5.41, 5.74) is 0. The molecule has 1 N–H and O–H groups in total. The largest absolute Gasteiger partial charge is 0.477 e. The van der Waals surface area contributed by atoms with Gasteiger partial charge in [0.25, 0.3) is 0 Å². The molecule has 0 fully saturated rings. The number of ether oxygens (including phenoxy) is 1. The number of rotatable bonds is 6. The third-order valence-electron chi connectivity index (χ3n) is 1.89. The normalized spacial score (nSPS) is 10.8. The molecule has 0 bridgehead atoms. The van der Waals surface area contributed by atoms with Crippen molar-refractivity contribution in [2.45, 2.75) is 26.3 Å². The van der Waals surface area contributed by atoms with E-state index in [0.29, 0.717) is 23.6 Å². The molecule has 0 amide bonds. The van der Waals surface area contributed by atoms with Crippen LogP contribution in [0.15, 0.2) is 16.7 Å². The van der Waals surface area contributed by atoms with E-state index in [9.17, 15) is 0 Å². The molecule has 0 aliphatic heterocycles. The summed E-state index contributed by atoms with van der Waals surface area (Å²) in [7, 11) is 0. The van der Waals surface area contributed by atoms with E-state index in [1.165, 1.54) is 0 Å². The second-order valence-electron chi connectivity index (χ2n) is 3.75. The third kappa shape index (κ3) is 5.14. The zero-order valence-electron chi connectivity index (χ0n) is 9.46. The van der Waals surface area contributed by atoms with Crippen LogP contribution in [0.2, 0.25) is 5.02 Å². The fraction of sp³-hybridized carbons (Fsp3) is 0.545. The van der Waals surface area contributed by atoms with E-state index in [2.05, 4.69) is 40.1 Å². The average Bonchev–Trinajstić information content (AvgIpc) is 2.20. The monoisotopic (exact) mass is 306 g/mol. The lowest BCUT2D eigenvalue weighted by Crippen LogP contribution is -2.24. The highest BCUT2D eigenvalue weighted by atomic mass is 79.9. The minimum absolute atomic E-state index is 0.514. The van der Waals surface area contributed by atoms with Crippen LogP contribution in [0.25, 0.3) is 0 Å². The van der Waals surface area contributed by atoms with Crippen LogP contribution >= 0.6 is 27.5 Å². The van der Waals surface area contributed by atoms with Crippen molar-refractivity contribution in [2.24, 2.45) is 0 Å². The quantitative estimate of drug-likeness (QED) is 0.819. The Kier molecular flexibility index (Phi) is 6.09. The van der Waals surface area contributed by atoms with Gasteiger partial charge in [0.1, 0.15) is 0 Å². The highest BCUT2D eigenvalue weighted by molar-refractivity contribution is 9.10. The molecule has 0 aliphatic carbocycles. The number of halogens is 2. The molecule has 0 spiro atoms. The van der Waals surface area contributed by atoms with Crippen LogP contribution in [0.5, 0.6) is 5.88 Å². The lowest BCUT2D eigenvalue weighted by Gasteiger charge is -2.09. The van der Waals surface area contributed by atoms with Gasteiger partial charge in [-0.2, -0.15) is 0 Å². The maximum atomic E-state index is 5.78. The molecule has 5 heteroatoms. The third-order valence-corrected chi connectivity index (χ3v) is 2.66. The van der Waals surface area contributed by atoms with Gasteiger partial charge in [-0.25, -0.2) is 4.98 Å². The van der Waals surface area contributed by atoms with Crippen molar-refractivity contribution in [1.82, 2.24) is 10.3 Å². The van der Waals surface area contributed by atoms with Crippen LogP contribution in [0.4, 0.5) is 0 Å². The topological polar surface area (TPSA) is 34.1 Å². The van der Waals surface area contributed by atoms with E-state index < -0.39 is 0 Å². The second-order valence-corrected chi connectivity index (χ2v) is 5.04. The Labute approximate surface area is 110 Å². The first-order chi connectivity index (χ1) is 7.59. The van der Waals surface area contributed by atoms with Crippen molar-refractivity contribution in [2.75, 3.05) is 13.2 Å². The lowest BCUT2D eigenvalue weighted by atomic mass is 10.3. The molecule has 0 saturated heterocycles. The molecule has 0 radical (unpaired) electrons. The van der Waals surface area contributed by atoms with Gasteiger partial charge in [0.15, 0.2) is 0 Å². The van der Waals surface area contributed by atoms with Gasteiger partial charge in [0, 0.05) is 12.2 Å². The second kappa shape index (κ2) is 7.09. The summed E-state index contributed by atoms with van der Waals surface area (Å²) in [5, 5.41) is 3.92. The standard InChI is InChI=1S/C11H16BrClN2O/c1-8(2)14-4-3-5-16-11-10(12)6-9(13)7-15-11/h6-8,14H,3-5H2,1-2H3. The van der Waals surface area contributed by atoms with Gasteiger partial charge in [-0.1, -0.05) is 25.4 Å². The predicted octanol–water partition coefficient (Wildman–Crippen LogP) is 3.26. The number of nitrogens with one attached hydrogen (secondary N) is 1. The van der Waals surface area contributed by atoms with Crippen LogP contribution in [0, 0.1) is 0 Å². The van der Waals surface area contributed by atoms with Gasteiger partial charge >= 0.3 is 0 Å². The summed E-state index contributed by atoms with van der Waals surface area (Å²) >= 11 is 9.13. The zero-order valence-corrected chi connectivity index (χ0v) is 11.8. The Morgan fingerprint density at radius 3 is 2.94 bits per heavy atom. The Morgan fingerprint density at radius 1 is 1.56 bits per heavy atom. The molecule has 0 atom stereocenters. The van der Waals surface area contributed by atoms with Crippen LogP contribution in [0.1, 0.15) is 20.3 Å². The van der Waals surface area contributed by atoms with Crippen molar-refractivity contribution < 1.29 is 4.74 Å². The number of aromatic nitrogens is 1. The lowest BCUT2D eigenvalue weighted by molar-refractivity contribution is 0.293. The Balaban J connectivity index is 2.27. The minimum atomic E-state index is 0.514. The molecule has 16 heavy (non-hydrogen) atoms. The predicted molar refractivity (Wildman–Crippen MR) is 70.2 cm³/mol. The maximum Gasteiger partial charge on any atom is 0.228 e. The minimum Gasteiger partial charge on any atom is -0.477 e. The molecule has 1 heterocycles. The summed E-state index contributed by atoms with van der Waals surface area (Å²) in [6.45, 7) is 5.84. The van der Waals surface area contributed by atoms with E-state index in [1.807, 2.05) is 0 Å². The first-order valence-electron chi connectivity index (χ1n) is 5.27. The van der Waals surface area contributed by atoms with Crippen LogP contribution in [-0.2, 0) is 0 Å². The van der Waals surface area contributed by atoms with Gasteiger partial charge in [0.2, 0.25) is 5.88 Å². The van der Waals surface area contributed by atoms with Crippen molar-refractivity contribution in [1.29, 1.82) is 0 Å². The fourth-order valence-electron chi connectivity index (χ4n) is 1.14. The molecule has 1 rings (SSSR count). The van der Waals surface area contributed by atoms with E-state index in [4.69, 9.17) is 16.3 Å². The van der Waals surface area contributed by atoms with Crippen LogP contribution in [0.3, 0.4) is 0 Å². The Morgan fingerprint density at radius 2 is 2.31 bits per heavy atom. The SMILES string of the molecule is CC(C)NCCCOc1ncc(Cl)cc1Br. The highest BCUT2D eigenvalue weighted by Crippen LogP contribution is 2.24. The molecule has 1 aromatic heterocycles. The smallest absolute Gasteiger partial charge is 0.228 e. The van der Waals surface area contributed by atoms with E-state index in [0.717, 1.165) is 17.4 Å². The van der Waals surface area contributed by atoms with Gasteiger partial charge in [-0.15, -0.1) is 0 Å². The van der Waals surface area contributed by atoms with Crippen molar-refractivity contribution >= 4 is 27.5 Å². The molecule has 0 unspecified atom stereocenters. The summed E-state index contributed by atoms with van der Waals surface area (Å²) in [6.07, 6.45) is 2.53. The number of nitrogens with zero attached hydrogens (tertiary/aromatic N) is 1. The zero-order chi connectivity index (χ0) is 12.0. The van der Waals surface area contributed by atoms with Gasteiger partial charge in [0.05, 0.1) is 16.1 Å². The molecule has 90 valence electrons. The molecular formula is C11H16BrClN2O. The summed E-state index contributed by atoms with van der Waals surface area (Å²) in [5.74, 6) is 0.592. The Hall–Kier alpha value is -0.320. The summed E-state index contributed by atoms with van der Waals surface area (Å²) < 4.78 is 6.31. The van der Waals surface area contributed by atoms with Gasteiger partial charge < -0.3 is 10.1 Å². The van der Waals surface area contributed by atoms with E-state index >= 15 is 0 Å². The summed E-state index contributed by atoms with van der Waals surface area (Å²) in [4.78, 5) is 4.09. The number of hydrogen-bond acceptors (Lipinski definition) is 3. The highest BCUT2D eigenvalue weighted by Gasteiger charge is 2.03. The molecule has 0 aromatic carbocycles. The summed E-state index contributed by atoms with van der Waals surface area (Å²) in [6, 6.07) is 2.29. The van der Waals surface area contributed by atoms with Crippen molar-refractivity contribution in [3.63, 3.8) is 0 Å². The molecule has 0 aliphatic rings. The maximum absolute atomic E-state index is 5.78. The first kappa shape index (κ1) is 13.7. The van der Waals surface area contributed by atoms with Crippen molar-refractivity contribution in [3.05, 3.63) is 21.8 Å². The average molecular weight is 308 g/mol. The van der Waals surface area contributed by atoms with Gasteiger partial charge in [-0.3, -0.25) is 0 Å². The number of pyridine rings is 1. The van der Waals surface area contributed by atoms with E-state index in [1.54, 1.807) is 12.3 Å². The molecule has 3 nitrogen and oxygen atoms in total. The number of hydrogen-bond donors (Lipinski definition) is 1. The molecular weight excluding hydrogens is 291 g/mol. The fourth-order valence-corrected chi connectivity index (χ4v) is 1.89. The Bertz CT molecular complexity index is 334. The van der Waals surface area contributed by atoms with Gasteiger partial charge in [-0.05, 0) is 35.0 Å².